The zero-order valence-electron chi connectivity index (χ0n) is 11.6. The van der Waals surface area contributed by atoms with Gasteiger partial charge < -0.3 is 20.1 Å². The Morgan fingerprint density at radius 2 is 1.89 bits per heavy atom. The summed E-state index contributed by atoms with van der Waals surface area (Å²) < 4.78 is 10.5. The van der Waals surface area contributed by atoms with Crippen LogP contribution in [0.2, 0.25) is 0 Å². The third-order valence-corrected chi connectivity index (χ3v) is 3.04. The summed E-state index contributed by atoms with van der Waals surface area (Å²) in [6.07, 6.45) is 0.933. The second-order valence-electron chi connectivity index (χ2n) is 4.29. The first-order chi connectivity index (χ1) is 9.15. The molecule has 106 valence electrons. The second-order valence-corrected chi connectivity index (χ2v) is 4.73. The van der Waals surface area contributed by atoms with Gasteiger partial charge in [-0.15, -0.1) is 0 Å². The van der Waals surface area contributed by atoms with Crippen molar-refractivity contribution in [1.82, 2.24) is 0 Å². The molecule has 0 aliphatic heterocycles. The minimum atomic E-state index is 0.427. The Kier molecular flexibility index (Phi) is 7.40. The Bertz CT molecular complexity index is 382. The lowest BCUT2D eigenvalue weighted by molar-refractivity contribution is 0.107. The topological polar surface area (TPSA) is 47.7 Å². The summed E-state index contributed by atoms with van der Waals surface area (Å²) in [6, 6.07) is 7.90. The summed E-state index contributed by atoms with van der Waals surface area (Å²) in [4.78, 5) is 2.57. The van der Waals surface area contributed by atoms with Crippen LogP contribution in [0.15, 0.2) is 24.3 Å². The van der Waals surface area contributed by atoms with Gasteiger partial charge in [0.25, 0.3) is 0 Å². The van der Waals surface area contributed by atoms with E-state index in [0.29, 0.717) is 11.6 Å². The van der Waals surface area contributed by atoms with E-state index >= 15 is 0 Å². The molecule has 0 heterocycles. The Morgan fingerprint density at radius 1 is 1.21 bits per heavy atom. The number of likely N-dealkylation sites (N-methyl/N-ethyl adjacent to an activating group) is 1. The van der Waals surface area contributed by atoms with E-state index in [0.717, 1.165) is 37.4 Å². The van der Waals surface area contributed by atoms with Crippen molar-refractivity contribution in [3.8, 4) is 0 Å². The first kappa shape index (κ1) is 15.9. The summed E-state index contributed by atoms with van der Waals surface area (Å²) in [5, 5.41) is 0. The lowest BCUT2D eigenvalue weighted by Crippen LogP contribution is -2.23. The van der Waals surface area contributed by atoms with Crippen LogP contribution < -0.4 is 10.6 Å². The molecule has 1 aromatic rings. The Balaban J connectivity index is 2.29. The third kappa shape index (κ3) is 6.00. The van der Waals surface area contributed by atoms with E-state index in [1.54, 1.807) is 7.11 Å². The van der Waals surface area contributed by atoms with Crippen molar-refractivity contribution in [2.75, 3.05) is 45.4 Å². The maximum Gasteiger partial charge on any atom is 0.103 e. The van der Waals surface area contributed by atoms with E-state index in [1.807, 2.05) is 31.3 Å². The van der Waals surface area contributed by atoms with E-state index in [1.165, 1.54) is 0 Å². The monoisotopic (exact) mass is 282 g/mol. The average molecular weight is 282 g/mol. The van der Waals surface area contributed by atoms with Gasteiger partial charge in [-0.2, -0.15) is 0 Å². The minimum Gasteiger partial charge on any atom is -0.389 e. The predicted molar refractivity (Wildman–Crippen MR) is 82.9 cm³/mol. The SMILES string of the molecule is COCCCOCCN(C)c1ccc(C(N)=S)cc1. The van der Waals surface area contributed by atoms with Gasteiger partial charge in [0.15, 0.2) is 0 Å². The first-order valence-electron chi connectivity index (χ1n) is 6.33. The van der Waals surface area contributed by atoms with Crippen LogP contribution in [0.1, 0.15) is 12.0 Å². The highest BCUT2D eigenvalue weighted by Gasteiger charge is 2.02. The number of benzene rings is 1. The van der Waals surface area contributed by atoms with Gasteiger partial charge in [0.05, 0.1) is 6.61 Å². The molecule has 0 aliphatic rings. The highest BCUT2D eigenvalue weighted by Crippen LogP contribution is 2.13. The second kappa shape index (κ2) is 8.85. The lowest BCUT2D eigenvalue weighted by Gasteiger charge is -2.19. The standard InChI is InChI=1S/C14H22N2O2S/c1-16(8-11-18-10-3-9-17-2)13-6-4-12(5-7-13)14(15)19/h4-7H,3,8-11H2,1-2H3,(H2,15,19). The smallest absolute Gasteiger partial charge is 0.103 e. The quantitative estimate of drug-likeness (QED) is 0.553. The van der Waals surface area contributed by atoms with E-state index in [9.17, 15) is 0 Å². The molecule has 0 atom stereocenters. The highest BCUT2D eigenvalue weighted by molar-refractivity contribution is 7.80. The van der Waals surface area contributed by atoms with Crippen molar-refractivity contribution in [3.05, 3.63) is 29.8 Å². The van der Waals surface area contributed by atoms with Crippen molar-refractivity contribution >= 4 is 22.9 Å². The molecule has 19 heavy (non-hydrogen) atoms. The van der Waals surface area contributed by atoms with Crippen molar-refractivity contribution in [2.24, 2.45) is 5.73 Å². The number of ether oxygens (including phenoxy) is 2. The number of anilines is 1. The maximum atomic E-state index is 5.57. The van der Waals surface area contributed by atoms with Gasteiger partial charge in [-0.05, 0) is 30.7 Å². The molecule has 0 saturated heterocycles. The summed E-state index contributed by atoms with van der Waals surface area (Å²) in [5.41, 5.74) is 7.58. The first-order valence-corrected chi connectivity index (χ1v) is 6.73. The fourth-order valence-electron chi connectivity index (χ4n) is 1.62. The normalized spacial score (nSPS) is 10.4. The van der Waals surface area contributed by atoms with E-state index < -0.39 is 0 Å². The van der Waals surface area contributed by atoms with Crippen LogP contribution in [0.4, 0.5) is 5.69 Å². The largest absolute Gasteiger partial charge is 0.389 e. The molecule has 0 aromatic heterocycles. The van der Waals surface area contributed by atoms with Gasteiger partial charge in [0.1, 0.15) is 4.99 Å². The van der Waals surface area contributed by atoms with E-state index in [-0.39, 0.29) is 0 Å². The fourth-order valence-corrected chi connectivity index (χ4v) is 1.75. The number of thiocarbonyl (C=S) groups is 1. The van der Waals surface area contributed by atoms with Crippen molar-refractivity contribution < 1.29 is 9.47 Å². The average Bonchev–Trinajstić information content (AvgIpc) is 2.42. The van der Waals surface area contributed by atoms with Crippen LogP contribution in [0, 0.1) is 0 Å². The molecule has 1 rings (SSSR count). The van der Waals surface area contributed by atoms with Crippen LogP contribution in [-0.2, 0) is 9.47 Å². The van der Waals surface area contributed by atoms with Gasteiger partial charge in [-0.3, -0.25) is 0 Å². The van der Waals surface area contributed by atoms with Gasteiger partial charge in [0, 0.05) is 45.2 Å². The lowest BCUT2D eigenvalue weighted by atomic mass is 10.2. The Labute approximate surface area is 120 Å². The van der Waals surface area contributed by atoms with Gasteiger partial charge in [-0.25, -0.2) is 0 Å². The molecule has 5 heteroatoms. The summed E-state index contributed by atoms with van der Waals surface area (Å²) in [7, 11) is 3.73. The molecule has 0 unspecified atom stereocenters. The molecule has 0 spiro atoms. The molecule has 0 radical (unpaired) electrons. The molecule has 0 amide bonds. The molecular formula is C14H22N2O2S. The number of nitrogens with two attached hydrogens (primary N) is 1. The highest BCUT2D eigenvalue weighted by atomic mass is 32.1. The number of hydrogen-bond acceptors (Lipinski definition) is 4. The van der Waals surface area contributed by atoms with Crippen molar-refractivity contribution in [3.63, 3.8) is 0 Å². The molecule has 0 saturated carbocycles. The maximum absolute atomic E-state index is 5.57. The van der Waals surface area contributed by atoms with Crippen LogP contribution in [0.3, 0.4) is 0 Å². The molecular weight excluding hydrogens is 260 g/mol. The molecule has 1 aromatic carbocycles. The van der Waals surface area contributed by atoms with Crippen molar-refractivity contribution in [2.45, 2.75) is 6.42 Å². The van der Waals surface area contributed by atoms with E-state index in [2.05, 4.69) is 4.90 Å². The third-order valence-electron chi connectivity index (χ3n) is 2.80. The van der Waals surface area contributed by atoms with Crippen LogP contribution in [0.25, 0.3) is 0 Å². The summed E-state index contributed by atoms with van der Waals surface area (Å²) in [5.74, 6) is 0. The fraction of sp³-hybridized carbons (Fsp3) is 0.500. The van der Waals surface area contributed by atoms with Gasteiger partial charge >= 0.3 is 0 Å². The van der Waals surface area contributed by atoms with E-state index in [4.69, 9.17) is 27.4 Å². The van der Waals surface area contributed by atoms with Gasteiger partial charge in [0.2, 0.25) is 0 Å². The molecule has 0 bridgehead atoms. The zero-order chi connectivity index (χ0) is 14.1. The van der Waals surface area contributed by atoms with Crippen LogP contribution in [-0.4, -0.2) is 45.5 Å². The Hall–Kier alpha value is -1.17. The van der Waals surface area contributed by atoms with Gasteiger partial charge in [-0.1, -0.05) is 12.2 Å². The number of hydrogen-bond donors (Lipinski definition) is 1. The molecule has 4 nitrogen and oxygen atoms in total. The van der Waals surface area contributed by atoms with Crippen LogP contribution in [0.5, 0.6) is 0 Å². The number of rotatable bonds is 9. The Morgan fingerprint density at radius 3 is 2.47 bits per heavy atom. The molecule has 2 N–H and O–H groups in total. The predicted octanol–water partition coefficient (Wildman–Crippen LogP) is 1.81. The summed E-state index contributed by atoms with van der Waals surface area (Å²) in [6.45, 7) is 3.04. The number of methoxy groups -OCH3 is 1. The van der Waals surface area contributed by atoms with Crippen LogP contribution >= 0.6 is 12.2 Å². The molecule has 0 fully saturated rings. The number of nitrogens with zero attached hydrogens (tertiary/aromatic N) is 1. The summed E-state index contributed by atoms with van der Waals surface area (Å²) >= 11 is 4.93. The minimum absolute atomic E-state index is 0.427. The molecule has 0 aliphatic carbocycles. The van der Waals surface area contributed by atoms with Crippen molar-refractivity contribution in [1.29, 1.82) is 0 Å². The zero-order valence-corrected chi connectivity index (χ0v) is 12.4.